The predicted octanol–water partition coefficient (Wildman–Crippen LogP) is 7.48. The number of hydrogen-bond acceptors (Lipinski definition) is 8. The van der Waals surface area contributed by atoms with E-state index in [-0.39, 0.29) is 12.5 Å². The molecule has 0 bridgehead atoms. The summed E-state index contributed by atoms with van der Waals surface area (Å²) in [5.74, 6) is -1.74. The van der Waals surface area contributed by atoms with Crippen LogP contribution < -0.4 is 5.32 Å². The van der Waals surface area contributed by atoms with Gasteiger partial charge in [-0.1, -0.05) is 167 Å². The van der Waals surface area contributed by atoms with Crippen LogP contribution in [0.4, 0.5) is 0 Å². The van der Waals surface area contributed by atoms with Crippen molar-refractivity contribution in [1.29, 1.82) is 0 Å². The highest BCUT2D eigenvalue weighted by molar-refractivity contribution is 5.76. The van der Waals surface area contributed by atoms with Crippen LogP contribution in [0.1, 0.15) is 181 Å². The Bertz CT molecular complexity index is 857. The summed E-state index contributed by atoms with van der Waals surface area (Å²) in [5.41, 5.74) is 0. The van der Waals surface area contributed by atoms with E-state index in [1.807, 2.05) is 6.08 Å². The molecular weight excluding hydrogens is 638 g/mol. The quantitative estimate of drug-likeness (QED) is 0.0299. The molecule has 3 unspecified atom stereocenters. The van der Waals surface area contributed by atoms with E-state index in [2.05, 4.69) is 19.2 Å². The van der Waals surface area contributed by atoms with E-state index in [0.29, 0.717) is 6.42 Å². The molecule has 50 heavy (non-hydrogen) atoms. The fourth-order valence-electron chi connectivity index (χ4n) is 6.49. The molecule has 0 spiro atoms. The van der Waals surface area contributed by atoms with Crippen LogP contribution in [0.2, 0.25) is 0 Å². The normalized spacial score (nSPS) is 22.2. The van der Waals surface area contributed by atoms with E-state index >= 15 is 0 Å². The Hall–Kier alpha value is -1.56. The largest absolute Gasteiger partial charge is 0.479 e. The van der Waals surface area contributed by atoms with Crippen molar-refractivity contribution in [3.8, 4) is 0 Å². The second-order valence-corrected chi connectivity index (χ2v) is 14.5. The van der Waals surface area contributed by atoms with Crippen molar-refractivity contribution in [2.45, 2.75) is 224 Å². The second kappa shape index (κ2) is 31.0. The molecule has 0 aliphatic carbocycles. The molecule has 6 N–H and O–H groups in total. The van der Waals surface area contributed by atoms with Gasteiger partial charge in [-0.25, -0.2) is 4.79 Å². The van der Waals surface area contributed by atoms with Crippen molar-refractivity contribution in [1.82, 2.24) is 5.32 Å². The number of amides is 1. The van der Waals surface area contributed by atoms with E-state index in [9.17, 15) is 35.1 Å². The number of carbonyl (C=O) groups excluding carboxylic acids is 1. The first-order chi connectivity index (χ1) is 24.2. The van der Waals surface area contributed by atoms with Gasteiger partial charge in [0.25, 0.3) is 0 Å². The van der Waals surface area contributed by atoms with Gasteiger partial charge < -0.3 is 40.3 Å². The smallest absolute Gasteiger partial charge is 0.335 e. The van der Waals surface area contributed by atoms with E-state index in [1.54, 1.807) is 6.08 Å². The van der Waals surface area contributed by atoms with E-state index in [0.717, 1.165) is 44.9 Å². The molecule has 1 aliphatic rings. The van der Waals surface area contributed by atoms with Gasteiger partial charge in [-0.05, 0) is 19.3 Å². The van der Waals surface area contributed by atoms with Crippen LogP contribution >= 0.6 is 0 Å². The highest BCUT2D eigenvalue weighted by Gasteiger charge is 2.47. The number of allylic oxidation sites excluding steroid dienone is 1. The number of carboxylic acid groups (broad SMARTS) is 1. The zero-order valence-corrected chi connectivity index (χ0v) is 31.7. The van der Waals surface area contributed by atoms with Crippen molar-refractivity contribution < 1.29 is 44.6 Å². The number of aliphatic hydroxyl groups is 4. The van der Waals surface area contributed by atoms with Gasteiger partial charge in [0.2, 0.25) is 5.91 Å². The first kappa shape index (κ1) is 46.5. The first-order valence-electron chi connectivity index (χ1n) is 20.4. The van der Waals surface area contributed by atoms with Crippen LogP contribution in [0.15, 0.2) is 12.2 Å². The monoisotopic (exact) mass is 714 g/mol. The average Bonchev–Trinajstić information content (AvgIpc) is 3.10. The molecule has 10 nitrogen and oxygen atoms in total. The molecule has 0 saturated carbocycles. The van der Waals surface area contributed by atoms with Gasteiger partial charge in [0.05, 0.1) is 18.8 Å². The van der Waals surface area contributed by atoms with Gasteiger partial charge in [0.15, 0.2) is 12.4 Å². The minimum atomic E-state index is -1.83. The lowest BCUT2D eigenvalue weighted by Crippen LogP contribution is -2.61. The number of hydrogen-bond donors (Lipinski definition) is 6. The molecule has 1 heterocycles. The van der Waals surface area contributed by atoms with Crippen molar-refractivity contribution in [3.63, 3.8) is 0 Å². The third-order valence-electron chi connectivity index (χ3n) is 9.83. The van der Waals surface area contributed by atoms with Gasteiger partial charge in [-0.2, -0.15) is 0 Å². The molecular formula is C40H75NO9. The van der Waals surface area contributed by atoms with Crippen LogP contribution in [0.3, 0.4) is 0 Å². The summed E-state index contributed by atoms with van der Waals surface area (Å²) in [6.45, 7) is 4.18. The summed E-state index contributed by atoms with van der Waals surface area (Å²) < 4.78 is 10.8. The Balaban J connectivity index is 2.48. The highest BCUT2D eigenvalue weighted by atomic mass is 16.7. The first-order valence-corrected chi connectivity index (χ1v) is 20.4. The van der Waals surface area contributed by atoms with Gasteiger partial charge in [-0.3, -0.25) is 4.79 Å². The number of rotatable bonds is 33. The zero-order chi connectivity index (χ0) is 36.8. The van der Waals surface area contributed by atoms with E-state index in [4.69, 9.17) is 9.47 Å². The van der Waals surface area contributed by atoms with Crippen molar-refractivity contribution in [2.75, 3.05) is 6.61 Å². The molecule has 1 rings (SSSR count). The predicted molar refractivity (Wildman–Crippen MR) is 199 cm³/mol. The molecule has 10 heteroatoms. The van der Waals surface area contributed by atoms with Crippen LogP contribution in [-0.4, -0.2) is 86.9 Å². The Labute approximate surface area is 303 Å². The maximum absolute atomic E-state index is 12.9. The number of nitrogens with one attached hydrogen (secondary N) is 1. The molecule has 0 radical (unpaired) electrons. The van der Waals surface area contributed by atoms with Gasteiger partial charge in [0.1, 0.15) is 18.3 Å². The maximum Gasteiger partial charge on any atom is 0.335 e. The van der Waals surface area contributed by atoms with Crippen molar-refractivity contribution >= 4 is 11.9 Å². The third-order valence-corrected chi connectivity index (χ3v) is 9.83. The third kappa shape index (κ3) is 22.4. The molecule has 0 aromatic rings. The van der Waals surface area contributed by atoms with Crippen LogP contribution in [0.5, 0.6) is 0 Å². The van der Waals surface area contributed by atoms with Gasteiger partial charge >= 0.3 is 5.97 Å². The van der Waals surface area contributed by atoms with E-state index in [1.165, 1.54) is 116 Å². The molecule has 0 aromatic heterocycles. The minimum Gasteiger partial charge on any atom is -0.479 e. The fraction of sp³-hybridized carbons (Fsp3) is 0.900. The molecule has 1 aliphatic heterocycles. The Morgan fingerprint density at radius 3 is 1.56 bits per heavy atom. The fourth-order valence-corrected chi connectivity index (χ4v) is 6.49. The number of unbranched alkanes of at least 4 members (excludes halogenated alkanes) is 23. The maximum atomic E-state index is 12.9. The molecule has 1 saturated heterocycles. The summed E-state index contributed by atoms with van der Waals surface area (Å²) in [7, 11) is 0. The number of carboxylic acids is 1. The number of ether oxygens (including phenoxy) is 2. The van der Waals surface area contributed by atoms with Crippen LogP contribution in [0, 0.1) is 0 Å². The van der Waals surface area contributed by atoms with Crippen LogP contribution in [-0.2, 0) is 19.1 Å². The highest BCUT2D eigenvalue weighted by Crippen LogP contribution is 2.23. The Kier molecular flexibility index (Phi) is 28.8. The minimum absolute atomic E-state index is 0.233. The SMILES string of the molecule is CCCCCCCCCCCCCC=CC(O)[C@H](CO[C@H]1OC(C(=O)O)[C@H](O)C(O)[C@H]1O)NC(=O)CCCCCCCCCCCCCCC. The molecule has 1 amide bonds. The molecule has 0 aromatic carbocycles. The van der Waals surface area contributed by atoms with Crippen LogP contribution in [0.25, 0.3) is 0 Å². The number of aliphatic hydroxyl groups excluding tert-OH is 4. The topological polar surface area (TPSA) is 166 Å². The second-order valence-electron chi connectivity index (χ2n) is 14.5. The van der Waals surface area contributed by atoms with Gasteiger partial charge in [-0.15, -0.1) is 0 Å². The zero-order valence-electron chi connectivity index (χ0n) is 31.7. The molecule has 1 fully saturated rings. The molecule has 294 valence electrons. The summed E-state index contributed by atoms with van der Waals surface area (Å²) in [6.07, 6.45) is 24.3. The lowest BCUT2D eigenvalue weighted by molar-refractivity contribution is -0.295. The summed E-state index contributed by atoms with van der Waals surface area (Å²) in [4.78, 5) is 24.4. The summed E-state index contributed by atoms with van der Waals surface area (Å²) >= 11 is 0. The van der Waals surface area contributed by atoms with Crippen molar-refractivity contribution in [2.24, 2.45) is 0 Å². The number of aliphatic carboxylic acids is 1. The summed E-state index contributed by atoms with van der Waals surface area (Å²) in [5, 5.41) is 53.6. The van der Waals surface area contributed by atoms with Crippen molar-refractivity contribution in [3.05, 3.63) is 12.2 Å². The number of carbonyl (C=O) groups is 2. The average molecular weight is 714 g/mol. The lowest BCUT2D eigenvalue weighted by atomic mass is 9.99. The Morgan fingerprint density at radius 1 is 0.660 bits per heavy atom. The molecule has 7 atom stereocenters. The van der Waals surface area contributed by atoms with Gasteiger partial charge in [0, 0.05) is 6.42 Å². The lowest BCUT2D eigenvalue weighted by Gasteiger charge is -2.39. The summed E-state index contributed by atoms with van der Waals surface area (Å²) in [6, 6.07) is -0.888. The van der Waals surface area contributed by atoms with E-state index < -0.39 is 48.8 Å². The Morgan fingerprint density at radius 2 is 1.10 bits per heavy atom. The standard InChI is InChI=1S/C40H75NO9/c1-3-5-7-9-11-13-15-17-19-21-23-25-27-29-33(42)32(31-49-40-37(46)35(44)36(45)38(50-40)39(47)48)41-34(43)30-28-26-24-22-20-18-16-14-12-10-8-6-4-2/h27,29,32-33,35-38,40,42,44-46H,3-26,28,30-31H2,1-2H3,(H,41,43)(H,47,48)/t32-,33?,35?,36+,37+,38?,40-/m0/s1.